The van der Waals surface area contributed by atoms with Gasteiger partial charge in [-0.1, -0.05) is 30.8 Å². The van der Waals surface area contributed by atoms with Gasteiger partial charge < -0.3 is 5.32 Å². The SMILES string of the molecule is C=C(NCC1(Cl)CC1)c1ccc(-c2nc(C)ncc2C)cc1. The van der Waals surface area contributed by atoms with E-state index in [0.717, 1.165) is 53.3 Å². The third-order valence-corrected chi connectivity index (χ3v) is 4.52. The van der Waals surface area contributed by atoms with E-state index in [2.05, 4.69) is 46.1 Å². The fourth-order valence-corrected chi connectivity index (χ4v) is 2.49. The third kappa shape index (κ3) is 3.30. The predicted molar refractivity (Wildman–Crippen MR) is 91.8 cm³/mol. The Hall–Kier alpha value is -1.87. The Balaban J connectivity index is 1.74. The summed E-state index contributed by atoms with van der Waals surface area (Å²) in [5, 5.41) is 3.33. The monoisotopic (exact) mass is 313 g/mol. The lowest BCUT2D eigenvalue weighted by atomic mass is 10.0. The van der Waals surface area contributed by atoms with Crippen LogP contribution in [0.5, 0.6) is 0 Å². The molecule has 0 amide bonds. The molecule has 3 rings (SSSR count). The average molecular weight is 314 g/mol. The summed E-state index contributed by atoms with van der Waals surface area (Å²) in [5.74, 6) is 0.785. The van der Waals surface area contributed by atoms with Crippen LogP contribution in [0, 0.1) is 13.8 Å². The van der Waals surface area contributed by atoms with Crippen LogP contribution in [0.25, 0.3) is 17.0 Å². The molecule has 3 nitrogen and oxygen atoms in total. The van der Waals surface area contributed by atoms with Crippen molar-refractivity contribution in [1.29, 1.82) is 0 Å². The quantitative estimate of drug-likeness (QED) is 0.845. The second-order valence-corrected chi connectivity index (χ2v) is 6.81. The van der Waals surface area contributed by atoms with E-state index in [4.69, 9.17) is 11.6 Å². The van der Waals surface area contributed by atoms with Gasteiger partial charge in [-0.25, -0.2) is 9.97 Å². The summed E-state index contributed by atoms with van der Waals surface area (Å²) in [6.45, 7) is 8.80. The molecule has 114 valence electrons. The van der Waals surface area contributed by atoms with Crippen molar-refractivity contribution in [2.45, 2.75) is 31.6 Å². The van der Waals surface area contributed by atoms with Crippen LogP contribution >= 0.6 is 11.6 Å². The van der Waals surface area contributed by atoms with Crippen molar-refractivity contribution in [1.82, 2.24) is 15.3 Å². The Morgan fingerprint density at radius 2 is 1.95 bits per heavy atom. The van der Waals surface area contributed by atoms with Gasteiger partial charge in [0.1, 0.15) is 5.82 Å². The Labute approximate surface area is 136 Å². The summed E-state index contributed by atoms with van der Waals surface area (Å²) >= 11 is 6.30. The van der Waals surface area contributed by atoms with Gasteiger partial charge in [0.25, 0.3) is 0 Å². The Bertz CT molecular complexity index is 703. The number of halogens is 1. The Morgan fingerprint density at radius 1 is 1.27 bits per heavy atom. The molecule has 1 fully saturated rings. The summed E-state index contributed by atoms with van der Waals surface area (Å²) in [6, 6.07) is 8.28. The van der Waals surface area contributed by atoms with Crippen LogP contribution in [-0.2, 0) is 0 Å². The number of nitrogens with one attached hydrogen (secondary N) is 1. The highest BCUT2D eigenvalue weighted by Gasteiger charge is 2.40. The molecule has 1 aromatic carbocycles. The molecule has 1 aromatic heterocycles. The lowest BCUT2D eigenvalue weighted by Gasteiger charge is -2.13. The van der Waals surface area contributed by atoms with Crippen molar-refractivity contribution in [3.05, 3.63) is 54.0 Å². The molecular formula is C18H20ClN3. The van der Waals surface area contributed by atoms with Gasteiger partial charge in [0.05, 0.1) is 10.6 Å². The number of benzene rings is 1. The van der Waals surface area contributed by atoms with E-state index in [1.807, 2.05) is 20.0 Å². The first kappa shape index (κ1) is 15.0. The van der Waals surface area contributed by atoms with Crippen LogP contribution in [0.2, 0.25) is 0 Å². The van der Waals surface area contributed by atoms with E-state index in [9.17, 15) is 0 Å². The van der Waals surface area contributed by atoms with Crippen molar-refractivity contribution in [2.75, 3.05) is 6.54 Å². The number of aromatic nitrogens is 2. The number of rotatable bonds is 5. The lowest BCUT2D eigenvalue weighted by molar-refractivity contribution is 0.791. The second kappa shape index (κ2) is 5.73. The predicted octanol–water partition coefficient (Wildman–Crippen LogP) is 4.09. The third-order valence-electron chi connectivity index (χ3n) is 4.01. The molecule has 22 heavy (non-hydrogen) atoms. The van der Waals surface area contributed by atoms with Crippen LogP contribution in [0.1, 0.15) is 29.8 Å². The molecule has 0 bridgehead atoms. The minimum absolute atomic E-state index is 0.0432. The first-order chi connectivity index (χ1) is 10.5. The van der Waals surface area contributed by atoms with Gasteiger partial charge in [-0.2, -0.15) is 0 Å². The summed E-state index contributed by atoms with van der Waals surface area (Å²) in [7, 11) is 0. The van der Waals surface area contributed by atoms with E-state index in [0.29, 0.717) is 0 Å². The zero-order valence-corrected chi connectivity index (χ0v) is 13.7. The zero-order chi connectivity index (χ0) is 15.7. The van der Waals surface area contributed by atoms with Crippen LogP contribution < -0.4 is 5.32 Å². The van der Waals surface area contributed by atoms with Crippen molar-refractivity contribution in [3.63, 3.8) is 0 Å². The minimum Gasteiger partial charge on any atom is -0.383 e. The van der Waals surface area contributed by atoms with Crippen molar-refractivity contribution in [2.24, 2.45) is 0 Å². The van der Waals surface area contributed by atoms with E-state index >= 15 is 0 Å². The molecule has 0 unspecified atom stereocenters. The molecule has 1 aliphatic carbocycles. The Kier molecular flexibility index (Phi) is 3.92. The molecule has 4 heteroatoms. The highest BCUT2D eigenvalue weighted by Crippen LogP contribution is 2.42. The van der Waals surface area contributed by atoms with Gasteiger partial charge in [0, 0.05) is 24.0 Å². The largest absolute Gasteiger partial charge is 0.383 e. The Morgan fingerprint density at radius 3 is 2.59 bits per heavy atom. The molecule has 0 radical (unpaired) electrons. The van der Waals surface area contributed by atoms with Gasteiger partial charge in [0.15, 0.2) is 0 Å². The van der Waals surface area contributed by atoms with Gasteiger partial charge in [0.2, 0.25) is 0 Å². The summed E-state index contributed by atoms with van der Waals surface area (Å²) in [6.07, 6.45) is 4.03. The zero-order valence-electron chi connectivity index (χ0n) is 13.0. The number of aryl methyl sites for hydroxylation is 2. The second-order valence-electron chi connectivity index (χ2n) is 6.01. The minimum atomic E-state index is -0.0432. The van der Waals surface area contributed by atoms with Crippen LogP contribution in [0.3, 0.4) is 0 Å². The summed E-state index contributed by atoms with van der Waals surface area (Å²) < 4.78 is 0. The molecule has 0 atom stereocenters. The standard InChI is InChI=1S/C18H20ClN3/c1-12-10-20-14(3)22-17(12)16-6-4-15(5-7-16)13(2)21-11-18(19)8-9-18/h4-7,10,21H,2,8-9,11H2,1,3H3. The molecule has 1 heterocycles. The van der Waals surface area contributed by atoms with Crippen LogP contribution in [0.4, 0.5) is 0 Å². The van der Waals surface area contributed by atoms with E-state index in [1.165, 1.54) is 0 Å². The average Bonchev–Trinajstić information content (AvgIpc) is 3.26. The number of alkyl halides is 1. The highest BCUT2D eigenvalue weighted by molar-refractivity contribution is 6.26. The van der Waals surface area contributed by atoms with Crippen molar-refractivity contribution >= 4 is 17.3 Å². The molecule has 0 aliphatic heterocycles. The van der Waals surface area contributed by atoms with Gasteiger partial charge in [-0.15, -0.1) is 11.6 Å². The topological polar surface area (TPSA) is 37.8 Å². The van der Waals surface area contributed by atoms with Crippen LogP contribution in [0.15, 0.2) is 37.0 Å². The number of hydrogen-bond donors (Lipinski definition) is 1. The normalized spacial score (nSPS) is 15.4. The van der Waals surface area contributed by atoms with Crippen molar-refractivity contribution in [3.8, 4) is 11.3 Å². The fourth-order valence-electron chi connectivity index (χ4n) is 2.33. The van der Waals surface area contributed by atoms with E-state index in [-0.39, 0.29) is 4.87 Å². The summed E-state index contributed by atoms with van der Waals surface area (Å²) in [4.78, 5) is 8.70. The maximum Gasteiger partial charge on any atom is 0.125 e. The lowest BCUT2D eigenvalue weighted by Crippen LogP contribution is -2.22. The van der Waals surface area contributed by atoms with Gasteiger partial charge in [-0.3, -0.25) is 0 Å². The molecule has 2 aromatic rings. The molecular weight excluding hydrogens is 294 g/mol. The van der Waals surface area contributed by atoms with Gasteiger partial charge in [-0.05, 0) is 37.8 Å². The van der Waals surface area contributed by atoms with E-state index < -0.39 is 0 Å². The first-order valence-corrected chi connectivity index (χ1v) is 7.87. The maximum absolute atomic E-state index is 6.30. The maximum atomic E-state index is 6.30. The fraction of sp³-hybridized carbons (Fsp3) is 0.333. The first-order valence-electron chi connectivity index (χ1n) is 7.50. The molecule has 1 aliphatic rings. The van der Waals surface area contributed by atoms with Gasteiger partial charge >= 0.3 is 0 Å². The number of hydrogen-bond acceptors (Lipinski definition) is 3. The highest BCUT2D eigenvalue weighted by atomic mass is 35.5. The molecule has 1 saturated carbocycles. The molecule has 0 spiro atoms. The molecule has 0 saturated heterocycles. The summed E-state index contributed by atoms with van der Waals surface area (Å²) in [5.41, 5.74) is 5.14. The van der Waals surface area contributed by atoms with Crippen molar-refractivity contribution < 1.29 is 0 Å². The number of nitrogens with zero attached hydrogens (tertiary/aromatic N) is 2. The smallest absolute Gasteiger partial charge is 0.125 e. The molecule has 1 N–H and O–H groups in total. The van der Waals surface area contributed by atoms with Crippen LogP contribution in [-0.4, -0.2) is 21.4 Å². The van der Waals surface area contributed by atoms with E-state index in [1.54, 1.807) is 0 Å².